The molecule has 0 aliphatic rings. The van der Waals surface area contributed by atoms with Crippen molar-refractivity contribution in [1.82, 2.24) is 3.52 Å². The Labute approximate surface area is 176 Å². The van der Waals surface area contributed by atoms with Gasteiger partial charge in [-0.1, -0.05) is 5.92 Å². The molecular formula is C25H4IN. The summed E-state index contributed by atoms with van der Waals surface area (Å²) in [6.07, 6.45) is 0. The fourth-order valence-electron chi connectivity index (χ4n) is 0.737. The average molecular weight is 447 g/mol. The molecule has 116 valence electrons. The van der Waals surface area contributed by atoms with Crippen molar-refractivity contribution in [3.05, 3.63) is 0 Å². The lowest BCUT2D eigenvalue weighted by Crippen LogP contribution is -1.77. The summed E-state index contributed by atoms with van der Waals surface area (Å²) < 4.78 is 7.88. The molecule has 0 aromatic carbocycles. The van der Waals surface area contributed by atoms with E-state index in [2.05, 4.69) is 142 Å². The second-order valence-electron chi connectivity index (χ2n) is 3.20. The zero-order valence-electron chi connectivity index (χ0n) is 14.8. The number of hydrogen-bond donors (Lipinski definition) is 1. The van der Waals surface area contributed by atoms with Crippen LogP contribution in [0.25, 0.3) is 0 Å². The third-order valence-corrected chi connectivity index (χ3v) is 1.78. The monoisotopic (exact) mass is 447 g/mol. The summed E-state index contributed by atoms with van der Waals surface area (Å²) >= 11 is 1.69. The van der Waals surface area contributed by atoms with Gasteiger partial charge in [-0.15, -0.1) is 0 Å². The summed E-state index contributed by atoms with van der Waals surface area (Å²) in [4.78, 5) is 0. The van der Waals surface area contributed by atoms with Crippen molar-refractivity contribution in [2.24, 2.45) is 0 Å². The molecule has 1 N–H and O–H groups in total. The first-order valence-electron chi connectivity index (χ1n) is 7.09. The van der Waals surface area contributed by atoms with Gasteiger partial charge in [-0.05, 0) is 54.3 Å². The maximum Gasteiger partial charge on any atom is 0.183 e. The Bertz CT molecular complexity index is 1350. The molecule has 0 radical (unpaired) electrons. The van der Waals surface area contributed by atoms with E-state index in [0.29, 0.717) is 0 Å². The Morgan fingerprint density at radius 2 is 0.667 bits per heavy atom. The van der Waals surface area contributed by atoms with E-state index in [0.717, 1.165) is 3.52 Å². The SMILES string of the molecule is [3H]N(I)C#CC#CC#CC#CC#CC#CC#CC#CC#CC#CC#CC#CC. The lowest BCUT2D eigenvalue weighted by atomic mass is 10.4. The van der Waals surface area contributed by atoms with E-state index in [9.17, 15) is 0 Å². The van der Waals surface area contributed by atoms with Gasteiger partial charge in [0, 0.05) is 88.9 Å². The van der Waals surface area contributed by atoms with Gasteiger partial charge in [0.1, 0.15) is 0 Å². The number of nitrogens with one attached hydrogen (secondary N) is 1. The Balaban J connectivity index is 4.43. The smallest absolute Gasteiger partial charge is 0.183 e. The first-order chi connectivity index (χ1) is 13.8. The van der Waals surface area contributed by atoms with E-state index in [1.807, 2.05) is 0 Å². The molecule has 0 heterocycles. The molecule has 0 rings (SSSR count). The first-order valence-corrected chi connectivity index (χ1v) is 7.61. The van der Waals surface area contributed by atoms with Crippen LogP contribution in [0.5, 0.6) is 0 Å². The number of halogens is 1. The lowest BCUT2D eigenvalue weighted by Gasteiger charge is -1.65. The largest absolute Gasteiger partial charge is 0.287 e. The summed E-state index contributed by atoms with van der Waals surface area (Å²) in [5.74, 6) is 57.5. The van der Waals surface area contributed by atoms with E-state index < -0.39 is 0 Å². The highest BCUT2D eigenvalue weighted by atomic mass is 127. The van der Waals surface area contributed by atoms with Crippen molar-refractivity contribution in [3.63, 3.8) is 0 Å². The highest BCUT2D eigenvalue weighted by Crippen LogP contribution is 1.61. The van der Waals surface area contributed by atoms with Crippen LogP contribution in [0.2, 0.25) is 1.41 Å². The molecule has 0 aromatic heterocycles. The Kier molecular flexibility index (Phi) is 16.0. The van der Waals surface area contributed by atoms with Crippen LogP contribution in [-0.2, 0) is 0 Å². The molecule has 0 saturated heterocycles. The van der Waals surface area contributed by atoms with Gasteiger partial charge in [0.2, 0.25) is 0 Å². The topological polar surface area (TPSA) is 12.0 Å². The molecule has 0 saturated carbocycles. The number of rotatable bonds is 0. The predicted molar refractivity (Wildman–Crippen MR) is 116 cm³/mol. The van der Waals surface area contributed by atoms with Gasteiger partial charge in [0.25, 0.3) is 0 Å². The van der Waals surface area contributed by atoms with Crippen molar-refractivity contribution in [2.75, 3.05) is 0 Å². The van der Waals surface area contributed by atoms with Crippen LogP contribution in [0.4, 0.5) is 0 Å². The summed E-state index contributed by atoms with van der Waals surface area (Å²) in [6, 6.07) is 2.39. The molecular weight excluding hydrogens is 441 g/mol. The van der Waals surface area contributed by atoms with Crippen molar-refractivity contribution in [3.8, 4) is 142 Å². The van der Waals surface area contributed by atoms with E-state index in [1.165, 1.54) is 0 Å². The molecule has 0 fully saturated rings. The molecule has 0 spiro atoms. The highest BCUT2D eigenvalue weighted by molar-refractivity contribution is 14.1. The zero-order chi connectivity index (χ0) is 20.5. The van der Waals surface area contributed by atoms with Gasteiger partial charge in [-0.3, -0.25) is 3.52 Å². The molecule has 0 atom stereocenters. The van der Waals surface area contributed by atoms with Crippen molar-refractivity contribution in [1.29, 1.82) is 0 Å². The molecule has 0 aliphatic carbocycles. The lowest BCUT2D eigenvalue weighted by molar-refractivity contribution is 1.61. The Morgan fingerprint density at radius 1 is 0.444 bits per heavy atom. The van der Waals surface area contributed by atoms with Crippen LogP contribution in [0.1, 0.15) is 6.92 Å². The summed E-state index contributed by atoms with van der Waals surface area (Å²) in [5.41, 5.74) is 0. The fourth-order valence-corrected chi connectivity index (χ4v) is 0.857. The van der Waals surface area contributed by atoms with Gasteiger partial charge in [-0.2, -0.15) is 0 Å². The van der Waals surface area contributed by atoms with Crippen LogP contribution >= 0.6 is 22.9 Å². The van der Waals surface area contributed by atoms with Crippen LogP contribution in [0, 0.1) is 142 Å². The molecule has 0 amide bonds. The number of hydrogen-bond acceptors (Lipinski definition) is 1. The summed E-state index contributed by atoms with van der Waals surface area (Å²) in [7, 11) is 0. The van der Waals surface area contributed by atoms with Crippen LogP contribution in [0.3, 0.4) is 0 Å². The molecule has 0 aliphatic heterocycles. The van der Waals surface area contributed by atoms with E-state index >= 15 is 0 Å². The zero-order valence-corrected chi connectivity index (χ0v) is 16.0. The molecule has 1 nitrogen and oxygen atoms in total. The second-order valence-corrected chi connectivity index (χ2v) is 3.68. The third-order valence-electron chi connectivity index (χ3n) is 1.54. The minimum atomic E-state index is 0.917. The second kappa shape index (κ2) is 21.2. The first kappa shape index (κ1) is 20.3. The standard InChI is InChI=1S/C25H4IN/c1-2-3-4-5-6-7-8-9-10-11-12-13-14-15-16-17-18-19-20-21-22-23-24-25-27-26/h27H,1H3/i/hT. The highest BCUT2D eigenvalue weighted by Gasteiger charge is 1.59. The quantitative estimate of drug-likeness (QED) is 0.253. The Morgan fingerprint density at radius 3 is 0.889 bits per heavy atom. The maximum absolute atomic E-state index is 6.97. The van der Waals surface area contributed by atoms with Crippen LogP contribution < -0.4 is 3.52 Å². The van der Waals surface area contributed by atoms with Crippen molar-refractivity contribution >= 4 is 22.9 Å². The molecule has 27 heavy (non-hydrogen) atoms. The minimum Gasteiger partial charge on any atom is -0.287 e. The van der Waals surface area contributed by atoms with E-state index in [-0.39, 0.29) is 0 Å². The maximum atomic E-state index is 6.97. The third kappa shape index (κ3) is 21.2. The van der Waals surface area contributed by atoms with Crippen molar-refractivity contribution < 1.29 is 1.41 Å². The normalized spacial score (nSPS) is 4.59. The van der Waals surface area contributed by atoms with E-state index in [4.69, 9.17) is 1.41 Å². The van der Waals surface area contributed by atoms with E-state index in [1.54, 1.807) is 29.8 Å². The predicted octanol–water partition coefficient (Wildman–Crippen LogP) is 0.944. The van der Waals surface area contributed by atoms with Gasteiger partial charge in [0.05, 0.1) is 22.9 Å². The average Bonchev–Trinajstić information content (AvgIpc) is 2.68. The van der Waals surface area contributed by atoms with Gasteiger partial charge >= 0.3 is 0 Å². The molecule has 2 heteroatoms. The van der Waals surface area contributed by atoms with Crippen molar-refractivity contribution in [2.45, 2.75) is 6.92 Å². The molecule has 0 bridgehead atoms. The summed E-state index contributed by atoms with van der Waals surface area (Å²) in [5, 5.41) is 0. The van der Waals surface area contributed by atoms with Crippen LogP contribution in [-0.4, -0.2) is 0 Å². The Hall–Kier alpha value is -4.75. The van der Waals surface area contributed by atoms with Gasteiger partial charge in [-0.25, -0.2) is 0 Å². The minimum absolute atomic E-state index is 0.917. The summed E-state index contributed by atoms with van der Waals surface area (Å²) in [6.45, 7) is 1.69. The molecule has 0 aromatic rings. The van der Waals surface area contributed by atoms with Gasteiger partial charge in [0.15, 0.2) is 1.41 Å². The molecule has 0 unspecified atom stereocenters. The van der Waals surface area contributed by atoms with Gasteiger partial charge < -0.3 is 0 Å². The van der Waals surface area contributed by atoms with Crippen LogP contribution in [0.15, 0.2) is 0 Å². The fraction of sp³-hybridized carbons (Fsp3) is 0.0400.